The third-order valence-corrected chi connectivity index (χ3v) is 4.30. The van der Waals surface area contributed by atoms with E-state index < -0.39 is 5.91 Å². The van der Waals surface area contributed by atoms with Gasteiger partial charge >= 0.3 is 0 Å². The van der Waals surface area contributed by atoms with Crippen molar-refractivity contribution in [2.75, 3.05) is 25.1 Å². The summed E-state index contributed by atoms with van der Waals surface area (Å²) in [4.78, 5) is 13.8. The number of carbonyl (C=O) groups is 1. The molecule has 6 heteroatoms. The largest absolute Gasteiger partial charge is 0.381 e. The Morgan fingerprint density at radius 1 is 1.55 bits per heavy atom. The number of methoxy groups -OCH3 is 1. The predicted octanol–water partition coefficient (Wildman–Crippen LogP) is 1.49. The fourth-order valence-electron chi connectivity index (χ4n) is 2.72. The summed E-state index contributed by atoms with van der Waals surface area (Å²) in [6.45, 7) is 1.32. The molecule has 2 unspecified atom stereocenters. The molecule has 0 saturated carbocycles. The number of carbonyl (C=O) groups excluding carboxylic acids is 1. The molecule has 1 aromatic carbocycles. The molecule has 1 heterocycles. The maximum Gasteiger partial charge on any atom is 0.250 e. The summed E-state index contributed by atoms with van der Waals surface area (Å²) in [5.74, 6) is -0.419. The number of nitrogens with two attached hydrogens (primary N) is 2. The minimum atomic E-state index is -0.419. The first kappa shape index (κ1) is 15.3. The van der Waals surface area contributed by atoms with Crippen molar-refractivity contribution >= 4 is 27.5 Å². The van der Waals surface area contributed by atoms with E-state index in [-0.39, 0.29) is 12.1 Å². The van der Waals surface area contributed by atoms with Gasteiger partial charge in [-0.2, -0.15) is 0 Å². The van der Waals surface area contributed by atoms with E-state index in [1.165, 1.54) is 0 Å². The number of hydrogen-bond acceptors (Lipinski definition) is 4. The van der Waals surface area contributed by atoms with Gasteiger partial charge in [0.1, 0.15) is 0 Å². The summed E-state index contributed by atoms with van der Waals surface area (Å²) < 4.78 is 6.34. The number of amides is 1. The van der Waals surface area contributed by atoms with E-state index in [1.807, 2.05) is 12.1 Å². The standard InChI is InChI=1S/C14H20BrN3O2/c1-20-11-4-5-18(10(7-11)8-16)13-6-9(15)2-3-12(13)14(17)19/h2-3,6,10-11H,4-5,7-8,16H2,1H3,(H2,17,19). The number of benzene rings is 1. The van der Waals surface area contributed by atoms with Gasteiger partial charge in [0, 0.05) is 30.7 Å². The molecule has 2 rings (SSSR count). The maximum atomic E-state index is 11.6. The first-order chi connectivity index (χ1) is 9.56. The van der Waals surface area contributed by atoms with Crippen LogP contribution >= 0.6 is 15.9 Å². The number of hydrogen-bond donors (Lipinski definition) is 2. The van der Waals surface area contributed by atoms with Crippen molar-refractivity contribution < 1.29 is 9.53 Å². The molecule has 0 radical (unpaired) electrons. The predicted molar refractivity (Wildman–Crippen MR) is 82.9 cm³/mol. The molecular weight excluding hydrogens is 322 g/mol. The first-order valence-electron chi connectivity index (χ1n) is 6.65. The Morgan fingerprint density at radius 3 is 2.90 bits per heavy atom. The molecule has 4 N–H and O–H groups in total. The van der Waals surface area contributed by atoms with Crippen molar-refractivity contribution in [1.82, 2.24) is 0 Å². The molecule has 1 saturated heterocycles. The maximum absolute atomic E-state index is 11.6. The summed E-state index contributed by atoms with van der Waals surface area (Å²) >= 11 is 3.44. The normalized spacial score (nSPS) is 22.9. The van der Waals surface area contributed by atoms with E-state index in [9.17, 15) is 4.79 Å². The van der Waals surface area contributed by atoms with Gasteiger partial charge in [0.25, 0.3) is 5.91 Å². The van der Waals surface area contributed by atoms with Crippen LogP contribution in [0.15, 0.2) is 22.7 Å². The van der Waals surface area contributed by atoms with Crippen molar-refractivity contribution in [3.8, 4) is 0 Å². The molecule has 0 spiro atoms. The van der Waals surface area contributed by atoms with Crippen LogP contribution in [0, 0.1) is 0 Å². The van der Waals surface area contributed by atoms with E-state index in [0.29, 0.717) is 12.1 Å². The van der Waals surface area contributed by atoms with Crippen molar-refractivity contribution in [2.24, 2.45) is 11.5 Å². The number of primary amides is 1. The van der Waals surface area contributed by atoms with E-state index >= 15 is 0 Å². The summed E-state index contributed by atoms with van der Waals surface area (Å²) in [7, 11) is 1.72. The molecule has 1 fully saturated rings. The van der Waals surface area contributed by atoms with Crippen molar-refractivity contribution in [3.05, 3.63) is 28.2 Å². The average molecular weight is 342 g/mol. The molecule has 110 valence electrons. The zero-order valence-electron chi connectivity index (χ0n) is 11.5. The van der Waals surface area contributed by atoms with E-state index in [0.717, 1.165) is 29.5 Å². The topological polar surface area (TPSA) is 81.6 Å². The first-order valence-corrected chi connectivity index (χ1v) is 7.45. The van der Waals surface area contributed by atoms with Crippen LogP contribution in [0.2, 0.25) is 0 Å². The molecule has 0 bridgehead atoms. The summed E-state index contributed by atoms with van der Waals surface area (Å²) in [5, 5.41) is 0. The Kier molecular flexibility index (Phi) is 5.01. The fraction of sp³-hybridized carbons (Fsp3) is 0.500. The van der Waals surface area contributed by atoms with Crippen LogP contribution in [-0.2, 0) is 4.74 Å². The Balaban J connectivity index is 2.34. The lowest BCUT2D eigenvalue weighted by Crippen LogP contribution is -2.49. The zero-order chi connectivity index (χ0) is 14.7. The van der Waals surface area contributed by atoms with Gasteiger partial charge in [-0.25, -0.2) is 0 Å². The molecule has 0 aromatic heterocycles. The molecule has 20 heavy (non-hydrogen) atoms. The van der Waals surface area contributed by atoms with E-state index in [4.69, 9.17) is 16.2 Å². The third kappa shape index (κ3) is 3.13. The number of piperidine rings is 1. The fourth-order valence-corrected chi connectivity index (χ4v) is 3.07. The van der Waals surface area contributed by atoms with Gasteiger partial charge in [0.15, 0.2) is 0 Å². The molecule has 1 amide bonds. The van der Waals surface area contributed by atoms with Crippen molar-refractivity contribution in [2.45, 2.75) is 25.0 Å². The van der Waals surface area contributed by atoms with E-state index in [2.05, 4.69) is 20.8 Å². The Hall–Kier alpha value is -1.11. The van der Waals surface area contributed by atoms with Crippen LogP contribution in [0.1, 0.15) is 23.2 Å². The highest BCUT2D eigenvalue weighted by Gasteiger charge is 2.29. The van der Waals surface area contributed by atoms with Crippen LogP contribution in [0.25, 0.3) is 0 Å². The highest BCUT2D eigenvalue weighted by Crippen LogP contribution is 2.31. The number of anilines is 1. The monoisotopic (exact) mass is 341 g/mol. The van der Waals surface area contributed by atoms with Gasteiger partial charge in [0.05, 0.1) is 17.4 Å². The van der Waals surface area contributed by atoms with Crippen LogP contribution < -0.4 is 16.4 Å². The minimum absolute atomic E-state index is 0.154. The second-order valence-electron chi connectivity index (χ2n) is 4.99. The van der Waals surface area contributed by atoms with Crippen molar-refractivity contribution in [1.29, 1.82) is 0 Å². The van der Waals surface area contributed by atoms with Gasteiger partial charge in [-0.3, -0.25) is 4.79 Å². The molecule has 1 aliphatic heterocycles. The lowest BCUT2D eigenvalue weighted by atomic mass is 9.97. The van der Waals surface area contributed by atoms with Crippen LogP contribution in [0.3, 0.4) is 0 Å². The highest BCUT2D eigenvalue weighted by molar-refractivity contribution is 9.10. The number of halogens is 1. The summed E-state index contributed by atoms with van der Waals surface area (Å²) in [5.41, 5.74) is 12.7. The second-order valence-corrected chi connectivity index (χ2v) is 5.91. The number of rotatable bonds is 4. The van der Waals surface area contributed by atoms with Gasteiger partial charge < -0.3 is 21.1 Å². The minimum Gasteiger partial charge on any atom is -0.381 e. The van der Waals surface area contributed by atoms with Crippen LogP contribution in [0.5, 0.6) is 0 Å². The molecule has 0 aliphatic carbocycles. The molecule has 2 atom stereocenters. The highest BCUT2D eigenvalue weighted by atomic mass is 79.9. The quantitative estimate of drug-likeness (QED) is 0.869. The Bertz CT molecular complexity index is 495. The third-order valence-electron chi connectivity index (χ3n) is 3.81. The van der Waals surface area contributed by atoms with Gasteiger partial charge in [-0.15, -0.1) is 0 Å². The lowest BCUT2D eigenvalue weighted by Gasteiger charge is -2.40. The van der Waals surface area contributed by atoms with Gasteiger partial charge in [-0.1, -0.05) is 15.9 Å². The second kappa shape index (κ2) is 6.56. The number of nitrogens with zero attached hydrogens (tertiary/aromatic N) is 1. The smallest absolute Gasteiger partial charge is 0.250 e. The number of ether oxygens (including phenoxy) is 1. The van der Waals surface area contributed by atoms with Crippen LogP contribution in [0.4, 0.5) is 5.69 Å². The molecule has 5 nitrogen and oxygen atoms in total. The van der Waals surface area contributed by atoms with E-state index in [1.54, 1.807) is 13.2 Å². The average Bonchev–Trinajstić information content (AvgIpc) is 2.46. The van der Waals surface area contributed by atoms with Crippen LogP contribution in [-0.4, -0.2) is 38.3 Å². The van der Waals surface area contributed by atoms with Gasteiger partial charge in [-0.05, 0) is 31.0 Å². The molecule has 1 aromatic rings. The Labute approximate surface area is 127 Å². The summed E-state index contributed by atoms with van der Waals surface area (Å²) in [6.07, 6.45) is 2.00. The SMILES string of the molecule is COC1CCN(c2cc(Br)ccc2C(N)=O)C(CN)C1. The molecule has 1 aliphatic rings. The molecular formula is C14H20BrN3O2. The van der Waals surface area contributed by atoms with Gasteiger partial charge in [0.2, 0.25) is 0 Å². The Morgan fingerprint density at radius 2 is 2.30 bits per heavy atom. The van der Waals surface area contributed by atoms with Crippen molar-refractivity contribution in [3.63, 3.8) is 0 Å². The zero-order valence-corrected chi connectivity index (χ0v) is 13.1. The summed E-state index contributed by atoms with van der Waals surface area (Å²) in [6, 6.07) is 5.65. The lowest BCUT2D eigenvalue weighted by molar-refractivity contribution is 0.0709.